The molecular formula is C16H16N2O. The van der Waals surface area contributed by atoms with E-state index in [0.717, 1.165) is 34.4 Å². The van der Waals surface area contributed by atoms with Crippen LogP contribution in [0.25, 0.3) is 11.0 Å². The Labute approximate surface area is 112 Å². The third-order valence-corrected chi connectivity index (χ3v) is 3.35. The van der Waals surface area contributed by atoms with Gasteiger partial charge in [-0.05, 0) is 30.2 Å². The lowest BCUT2D eigenvalue weighted by Crippen LogP contribution is -2.14. The molecule has 3 nitrogen and oxygen atoms in total. The van der Waals surface area contributed by atoms with Gasteiger partial charge in [-0.2, -0.15) is 0 Å². The van der Waals surface area contributed by atoms with E-state index in [1.165, 1.54) is 0 Å². The van der Waals surface area contributed by atoms with Gasteiger partial charge < -0.3 is 10.2 Å². The SMILES string of the molecule is CCc1cccnc1C(N)c1cc2ccccc2o1. The van der Waals surface area contributed by atoms with Crippen molar-refractivity contribution in [1.29, 1.82) is 0 Å². The van der Waals surface area contributed by atoms with Crippen LogP contribution in [0.4, 0.5) is 0 Å². The summed E-state index contributed by atoms with van der Waals surface area (Å²) in [7, 11) is 0. The highest BCUT2D eigenvalue weighted by Gasteiger charge is 2.17. The molecular weight excluding hydrogens is 236 g/mol. The second kappa shape index (κ2) is 4.86. The summed E-state index contributed by atoms with van der Waals surface area (Å²) in [6.45, 7) is 2.10. The topological polar surface area (TPSA) is 52.0 Å². The molecule has 1 aromatic carbocycles. The molecule has 1 unspecified atom stereocenters. The first kappa shape index (κ1) is 11.9. The molecule has 1 atom stereocenters. The van der Waals surface area contributed by atoms with Crippen molar-refractivity contribution in [1.82, 2.24) is 4.98 Å². The molecule has 3 aromatic rings. The van der Waals surface area contributed by atoms with Gasteiger partial charge in [0, 0.05) is 11.6 Å². The lowest BCUT2D eigenvalue weighted by atomic mass is 10.0. The van der Waals surface area contributed by atoms with E-state index >= 15 is 0 Å². The lowest BCUT2D eigenvalue weighted by molar-refractivity contribution is 0.519. The van der Waals surface area contributed by atoms with Crippen LogP contribution in [0, 0.1) is 0 Å². The van der Waals surface area contributed by atoms with E-state index in [1.54, 1.807) is 6.20 Å². The van der Waals surface area contributed by atoms with Crippen molar-refractivity contribution in [2.75, 3.05) is 0 Å². The average molecular weight is 252 g/mol. The summed E-state index contributed by atoms with van der Waals surface area (Å²) in [5, 5.41) is 1.07. The molecule has 0 saturated carbocycles. The van der Waals surface area contributed by atoms with E-state index in [9.17, 15) is 0 Å². The van der Waals surface area contributed by atoms with Crippen LogP contribution >= 0.6 is 0 Å². The number of fused-ring (bicyclic) bond motifs is 1. The van der Waals surface area contributed by atoms with E-state index in [2.05, 4.69) is 18.0 Å². The maximum absolute atomic E-state index is 6.30. The first-order valence-corrected chi connectivity index (χ1v) is 6.47. The quantitative estimate of drug-likeness (QED) is 0.776. The summed E-state index contributed by atoms with van der Waals surface area (Å²) in [5.41, 5.74) is 9.22. The van der Waals surface area contributed by atoms with E-state index < -0.39 is 0 Å². The van der Waals surface area contributed by atoms with Crippen molar-refractivity contribution in [3.63, 3.8) is 0 Å². The molecule has 0 aliphatic rings. The Bertz CT molecular complexity index is 670. The molecule has 2 N–H and O–H groups in total. The molecule has 3 heteroatoms. The number of hydrogen-bond donors (Lipinski definition) is 1. The Hall–Kier alpha value is -2.13. The van der Waals surface area contributed by atoms with Crippen molar-refractivity contribution >= 4 is 11.0 Å². The summed E-state index contributed by atoms with van der Waals surface area (Å²) < 4.78 is 5.82. The van der Waals surface area contributed by atoms with Crippen LogP contribution < -0.4 is 5.73 Å². The molecule has 0 aliphatic heterocycles. The zero-order valence-corrected chi connectivity index (χ0v) is 10.8. The predicted molar refractivity (Wildman–Crippen MR) is 75.9 cm³/mol. The molecule has 2 aromatic heterocycles. The van der Waals surface area contributed by atoms with Gasteiger partial charge >= 0.3 is 0 Å². The fourth-order valence-electron chi connectivity index (χ4n) is 2.32. The Morgan fingerprint density at radius 2 is 2.05 bits per heavy atom. The molecule has 19 heavy (non-hydrogen) atoms. The number of hydrogen-bond acceptors (Lipinski definition) is 3. The van der Waals surface area contributed by atoms with Crippen LogP contribution in [-0.2, 0) is 6.42 Å². The first-order valence-electron chi connectivity index (χ1n) is 6.47. The zero-order chi connectivity index (χ0) is 13.2. The Morgan fingerprint density at radius 3 is 2.84 bits per heavy atom. The van der Waals surface area contributed by atoms with Gasteiger partial charge in [-0.25, -0.2) is 0 Å². The number of aryl methyl sites for hydroxylation is 1. The highest BCUT2D eigenvalue weighted by molar-refractivity contribution is 5.77. The molecule has 0 saturated heterocycles. The van der Waals surface area contributed by atoms with Gasteiger partial charge in [0.2, 0.25) is 0 Å². The minimum Gasteiger partial charge on any atom is -0.459 e. The van der Waals surface area contributed by atoms with Crippen LogP contribution in [0.2, 0.25) is 0 Å². The number of nitrogens with two attached hydrogens (primary N) is 1. The number of rotatable bonds is 3. The largest absolute Gasteiger partial charge is 0.459 e. The monoisotopic (exact) mass is 252 g/mol. The zero-order valence-electron chi connectivity index (χ0n) is 10.8. The fourth-order valence-corrected chi connectivity index (χ4v) is 2.32. The second-order valence-electron chi connectivity index (χ2n) is 4.57. The standard InChI is InChI=1S/C16H16N2O/c1-2-11-7-5-9-18-16(11)15(17)14-10-12-6-3-4-8-13(12)19-14/h3-10,15H,2,17H2,1H3. The van der Waals surface area contributed by atoms with Gasteiger partial charge in [0.1, 0.15) is 17.4 Å². The maximum Gasteiger partial charge on any atom is 0.134 e. The van der Waals surface area contributed by atoms with Crippen molar-refractivity contribution in [3.8, 4) is 0 Å². The predicted octanol–water partition coefficient (Wildman–Crippen LogP) is 3.44. The smallest absolute Gasteiger partial charge is 0.134 e. The molecule has 0 spiro atoms. The van der Waals surface area contributed by atoms with Crippen molar-refractivity contribution in [3.05, 3.63) is 65.7 Å². The third-order valence-electron chi connectivity index (χ3n) is 3.35. The molecule has 0 radical (unpaired) electrons. The van der Waals surface area contributed by atoms with Gasteiger partial charge in [0.25, 0.3) is 0 Å². The van der Waals surface area contributed by atoms with Crippen LogP contribution in [0.3, 0.4) is 0 Å². The van der Waals surface area contributed by atoms with E-state index in [-0.39, 0.29) is 6.04 Å². The highest BCUT2D eigenvalue weighted by atomic mass is 16.3. The Balaban J connectivity index is 2.05. The van der Waals surface area contributed by atoms with E-state index in [4.69, 9.17) is 10.2 Å². The molecule has 2 heterocycles. The molecule has 0 aliphatic carbocycles. The molecule has 0 bridgehead atoms. The minimum absolute atomic E-state index is 0.316. The van der Waals surface area contributed by atoms with Crippen molar-refractivity contribution in [2.24, 2.45) is 5.73 Å². The van der Waals surface area contributed by atoms with Gasteiger partial charge in [-0.3, -0.25) is 4.98 Å². The van der Waals surface area contributed by atoms with Crippen LogP contribution in [0.1, 0.15) is 30.0 Å². The average Bonchev–Trinajstić information content (AvgIpc) is 2.90. The van der Waals surface area contributed by atoms with Gasteiger partial charge in [0.15, 0.2) is 0 Å². The first-order chi connectivity index (χ1) is 9.29. The van der Waals surface area contributed by atoms with E-state index in [1.807, 2.05) is 36.4 Å². The molecule has 0 amide bonds. The van der Waals surface area contributed by atoms with Gasteiger partial charge in [-0.1, -0.05) is 31.2 Å². The molecule has 96 valence electrons. The van der Waals surface area contributed by atoms with Crippen LogP contribution in [0.15, 0.2) is 53.1 Å². The number of para-hydroxylation sites is 1. The van der Waals surface area contributed by atoms with Crippen molar-refractivity contribution < 1.29 is 4.42 Å². The summed E-state index contributed by atoms with van der Waals surface area (Å²) in [6, 6.07) is 13.6. The maximum atomic E-state index is 6.30. The van der Waals surface area contributed by atoms with Gasteiger partial charge in [-0.15, -0.1) is 0 Å². The number of furan rings is 1. The highest BCUT2D eigenvalue weighted by Crippen LogP contribution is 2.27. The summed E-state index contributed by atoms with van der Waals surface area (Å²) in [6.07, 6.45) is 2.69. The summed E-state index contributed by atoms with van der Waals surface area (Å²) >= 11 is 0. The number of pyridine rings is 1. The normalized spacial score (nSPS) is 12.7. The van der Waals surface area contributed by atoms with Crippen LogP contribution in [-0.4, -0.2) is 4.98 Å². The number of nitrogens with zero attached hydrogens (tertiary/aromatic N) is 1. The summed E-state index contributed by atoms with van der Waals surface area (Å²) in [5.74, 6) is 0.759. The van der Waals surface area contributed by atoms with Crippen LogP contribution in [0.5, 0.6) is 0 Å². The number of benzene rings is 1. The number of aromatic nitrogens is 1. The van der Waals surface area contributed by atoms with Gasteiger partial charge in [0.05, 0.1) is 5.69 Å². The second-order valence-corrected chi connectivity index (χ2v) is 4.57. The molecule has 0 fully saturated rings. The third kappa shape index (κ3) is 2.13. The van der Waals surface area contributed by atoms with Crippen molar-refractivity contribution in [2.45, 2.75) is 19.4 Å². The minimum atomic E-state index is -0.316. The Kier molecular flexibility index (Phi) is 3.05. The lowest BCUT2D eigenvalue weighted by Gasteiger charge is -2.11. The van der Waals surface area contributed by atoms with E-state index in [0.29, 0.717) is 0 Å². The summed E-state index contributed by atoms with van der Waals surface area (Å²) in [4.78, 5) is 4.41. The molecule has 3 rings (SSSR count). The Morgan fingerprint density at radius 1 is 1.21 bits per heavy atom. The fraction of sp³-hybridized carbons (Fsp3) is 0.188.